The number of benzene rings is 2. The third-order valence-electron chi connectivity index (χ3n) is 3.33. The maximum absolute atomic E-state index is 5.95. The van der Waals surface area contributed by atoms with Gasteiger partial charge in [-0.1, -0.05) is 30.3 Å². The second-order valence-corrected chi connectivity index (χ2v) is 4.47. The minimum absolute atomic E-state index is 0.137. The molecule has 2 aromatic carbocycles. The molecule has 2 rings (SSSR count). The monoisotopic (exact) mass is 256 g/mol. The van der Waals surface area contributed by atoms with Gasteiger partial charge in [-0.05, 0) is 29.8 Å². The van der Waals surface area contributed by atoms with Crippen LogP contribution in [0.25, 0.3) is 0 Å². The highest BCUT2D eigenvalue weighted by Gasteiger charge is 2.16. The summed E-state index contributed by atoms with van der Waals surface area (Å²) in [6, 6.07) is 18.4. The maximum atomic E-state index is 5.95. The van der Waals surface area contributed by atoms with Crippen LogP contribution in [-0.2, 0) is 0 Å². The molecule has 0 amide bonds. The molecule has 2 N–H and O–H groups in total. The largest absolute Gasteiger partial charge is 0.497 e. The van der Waals surface area contributed by atoms with E-state index in [9.17, 15) is 0 Å². The van der Waals surface area contributed by atoms with E-state index in [4.69, 9.17) is 10.5 Å². The van der Waals surface area contributed by atoms with Crippen LogP contribution in [0.2, 0.25) is 0 Å². The van der Waals surface area contributed by atoms with Crippen molar-refractivity contribution >= 4 is 5.69 Å². The number of rotatable bonds is 5. The summed E-state index contributed by atoms with van der Waals surface area (Å²) in [7, 11) is 3.74. The van der Waals surface area contributed by atoms with Crippen LogP contribution in [0.4, 0.5) is 5.69 Å². The van der Waals surface area contributed by atoms with Crippen molar-refractivity contribution < 1.29 is 4.74 Å². The molecule has 0 fully saturated rings. The van der Waals surface area contributed by atoms with Crippen molar-refractivity contribution in [3.05, 3.63) is 60.2 Å². The van der Waals surface area contributed by atoms with Gasteiger partial charge in [-0.3, -0.25) is 0 Å². The zero-order valence-corrected chi connectivity index (χ0v) is 11.4. The van der Waals surface area contributed by atoms with E-state index < -0.39 is 0 Å². The molecule has 0 saturated heterocycles. The fourth-order valence-electron chi connectivity index (χ4n) is 2.21. The summed E-state index contributed by atoms with van der Waals surface area (Å²) in [5.74, 6) is 0.859. The molecule has 3 heteroatoms. The fourth-order valence-corrected chi connectivity index (χ4v) is 2.21. The van der Waals surface area contributed by atoms with Gasteiger partial charge < -0.3 is 15.4 Å². The van der Waals surface area contributed by atoms with Crippen molar-refractivity contribution in [2.45, 2.75) is 6.04 Å². The van der Waals surface area contributed by atoms with Crippen molar-refractivity contribution in [1.82, 2.24) is 0 Å². The minimum Gasteiger partial charge on any atom is -0.497 e. The Bertz CT molecular complexity index is 513. The Morgan fingerprint density at radius 2 is 1.84 bits per heavy atom. The van der Waals surface area contributed by atoms with Crippen LogP contribution in [-0.4, -0.2) is 20.7 Å². The molecular weight excluding hydrogens is 236 g/mol. The van der Waals surface area contributed by atoms with Crippen molar-refractivity contribution in [3.8, 4) is 5.75 Å². The Morgan fingerprint density at radius 1 is 1.11 bits per heavy atom. The van der Waals surface area contributed by atoms with Gasteiger partial charge in [0.25, 0.3) is 0 Å². The Labute approximate surface area is 114 Å². The van der Waals surface area contributed by atoms with Crippen LogP contribution >= 0.6 is 0 Å². The van der Waals surface area contributed by atoms with Crippen molar-refractivity contribution in [3.63, 3.8) is 0 Å². The zero-order valence-electron chi connectivity index (χ0n) is 11.4. The first-order valence-corrected chi connectivity index (χ1v) is 6.38. The van der Waals surface area contributed by atoms with Gasteiger partial charge >= 0.3 is 0 Å². The SMILES string of the molecule is COc1cccc(C(CN)N(C)c2ccccc2)c1. The second kappa shape index (κ2) is 6.25. The summed E-state index contributed by atoms with van der Waals surface area (Å²) >= 11 is 0. The van der Waals surface area contributed by atoms with Gasteiger partial charge in [-0.15, -0.1) is 0 Å². The summed E-state index contributed by atoms with van der Waals surface area (Å²) in [6.07, 6.45) is 0. The number of hydrogen-bond donors (Lipinski definition) is 1. The molecule has 0 spiro atoms. The average Bonchev–Trinajstić information content (AvgIpc) is 2.49. The molecule has 3 nitrogen and oxygen atoms in total. The summed E-state index contributed by atoms with van der Waals surface area (Å²) in [5, 5.41) is 0. The summed E-state index contributed by atoms with van der Waals surface area (Å²) in [4.78, 5) is 2.19. The molecule has 0 aromatic heterocycles. The Morgan fingerprint density at radius 3 is 2.47 bits per heavy atom. The molecule has 100 valence electrons. The van der Waals surface area contributed by atoms with E-state index in [1.807, 2.05) is 36.4 Å². The van der Waals surface area contributed by atoms with Crippen LogP contribution in [0.5, 0.6) is 5.75 Å². The van der Waals surface area contributed by atoms with Gasteiger partial charge in [0.05, 0.1) is 13.2 Å². The average molecular weight is 256 g/mol. The number of nitrogens with two attached hydrogens (primary N) is 1. The third-order valence-corrected chi connectivity index (χ3v) is 3.33. The van der Waals surface area contributed by atoms with E-state index >= 15 is 0 Å². The lowest BCUT2D eigenvalue weighted by Gasteiger charge is -2.29. The van der Waals surface area contributed by atoms with E-state index in [2.05, 4.69) is 30.1 Å². The zero-order chi connectivity index (χ0) is 13.7. The lowest BCUT2D eigenvalue weighted by molar-refractivity contribution is 0.413. The molecule has 0 aliphatic heterocycles. The summed E-state index contributed by atoms with van der Waals surface area (Å²) in [5.41, 5.74) is 8.27. The molecule has 19 heavy (non-hydrogen) atoms. The van der Waals surface area contributed by atoms with Gasteiger partial charge in [-0.25, -0.2) is 0 Å². The predicted molar refractivity (Wildman–Crippen MR) is 79.6 cm³/mol. The Hall–Kier alpha value is -2.00. The number of likely N-dealkylation sites (N-methyl/N-ethyl adjacent to an activating group) is 1. The number of ether oxygens (including phenoxy) is 1. The van der Waals surface area contributed by atoms with Gasteiger partial charge in [0, 0.05) is 19.3 Å². The Kier molecular flexibility index (Phi) is 4.42. The van der Waals surface area contributed by atoms with Gasteiger partial charge in [0.2, 0.25) is 0 Å². The Balaban J connectivity index is 2.28. The lowest BCUT2D eigenvalue weighted by Crippen LogP contribution is -2.30. The van der Waals surface area contributed by atoms with Gasteiger partial charge in [-0.2, -0.15) is 0 Å². The molecule has 0 aliphatic rings. The summed E-state index contributed by atoms with van der Waals surface area (Å²) in [6.45, 7) is 0.554. The number of anilines is 1. The van der Waals surface area contributed by atoms with E-state index in [-0.39, 0.29) is 6.04 Å². The highest BCUT2D eigenvalue weighted by molar-refractivity contribution is 5.48. The molecule has 0 heterocycles. The first kappa shape index (κ1) is 13.4. The number of para-hydroxylation sites is 1. The first-order chi connectivity index (χ1) is 9.26. The van der Waals surface area contributed by atoms with Crippen LogP contribution in [0.15, 0.2) is 54.6 Å². The van der Waals surface area contributed by atoms with Crippen LogP contribution < -0.4 is 15.4 Å². The standard InChI is InChI=1S/C16H20N2O/c1-18(14-8-4-3-5-9-14)16(12-17)13-7-6-10-15(11-13)19-2/h3-11,16H,12,17H2,1-2H3. The molecule has 0 radical (unpaired) electrons. The molecule has 2 aromatic rings. The number of methoxy groups -OCH3 is 1. The van der Waals surface area contributed by atoms with Crippen LogP contribution in [0, 0.1) is 0 Å². The predicted octanol–water partition coefficient (Wildman–Crippen LogP) is 2.83. The molecule has 0 bridgehead atoms. The van der Waals surface area contributed by atoms with Crippen LogP contribution in [0.1, 0.15) is 11.6 Å². The number of nitrogens with zero attached hydrogens (tertiary/aromatic N) is 1. The van der Waals surface area contributed by atoms with Crippen molar-refractivity contribution in [2.24, 2.45) is 5.73 Å². The molecule has 1 unspecified atom stereocenters. The third kappa shape index (κ3) is 3.06. The minimum atomic E-state index is 0.137. The van der Waals surface area contributed by atoms with E-state index in [0.29, 0.717) is 6.54 Å². The van der Waals surface area contributed by atoms with Crippen molar-refractivity contribution in [2.75, 3.05) is 25.6 Å². The second-order valence-electron chi connectivity index (χ2n) is 4.47. The highest BCUT2D eigenvalue weighted by Crippen LogP contribution is 2.26. The highest BCUT2D eigenvalue weighted by atomic mass is 16.5. The molecule has 0 aliphatic carbocycles. The van der Waals surface area contributed by atoms with Gasteiger partial charge in [0.15, 0.2) is 0 Å². The molecular formula is C16H20N2O. The first-order valence-electron chi connectivity index (χ1n) is 6.38. The molecule has 0 saturated carbocycles. The maximum Gasteiger partial charge on any atom is 0.119 e. The number of hydrogen-bond acceptors (Lipinski definition) is 3. The van der Waals surface area contributed by atoms with E-state index in [0.717, 1.165) is 17.0 Å². The van der Waals surface area contributed by atoms with Crippen LogP contribution in [0.3, 0.4) is 0 Å². The topological polar surface area (TPSA) is 38.5 Å². The van der Waals surface area contributed by atoms with Crippen molar-refractivity contribution in [1.29, 1.82) is 0 Å². The lowest BCUT2D eigenvalue weighted by atomic mass is 10.0. The van der Waals surface area contributed by atoms with E-state index in [1.54, 1.807) is 7.11 Å². The smallest absolute Gasteiger partial charge is 0.119 e. The molecule has 1 atom stereocenters. The van der Waals surface area contributed by atoms with Gasteiger partial charge in [0.1, 0.15) is 5.75 Å². The van der Waals surface area contributed by atoms with E-state index in [1.165, 1.54) is 0 Å². The fraction of sp³-hybridized carbons (Fsp3) is 0.250. The summed E-state index contributed by atoms with van der Waals surface area (Å²) < 4.78 is 5.28. The quantitative estimate of drug-likeness (QED) is 0.894. The normalized spacial score (nSPS) is 11.9.